The minimum Gasteiger partial charge on any atom is -0.542 e. The van der Waals surface area contributed by atoms with Crippen LogP contribution in [0.25, 0.3) is 0 Å². The quantitative estimate of drug-likeness (QED) is 0.415. The van der Waals surface area contributed by atoms with E-state index in [1.165, 1.54) is 6.08 Å². The molecule has 0 aromatic heterocycles. The van der Waals surface area contributed by atoms with Crippen LogP contribution < -0.4 is 5.11 Å². The second-order valence-corrected chi connectivity index (χ2v) is 1.55. The minimum absolute atomic E-state index is 0.183. The molecule has 0 saturated heterocycles. The molecule has 0 heterocycles. The van der Waals surface area contributed by atoms with Crippen LogP contribution in [0.4, 0.5) is 0 Å². The van der Waals surface area contributed by atoms with Gasteiger partial charge < -0.3 is 14.6 Å². The Morgan fingerprint density at radius 1 is 1.80 bits per heavy atom. The Morgan fingerprint density at radius 2 is 2.40 bits per heavy atom. The van der Waals surface area contributed by atoms with Crippen LogP contribution in [0.2, 0.25) is 0 Å². The highest BCUT2D eigenvalue weighted by Gasteiger charge is 1.93. The van der Waals surface area contributed by atoms with Gasteiger partial charge in [-0.2, -0.15) is 0 Å². The van der Waals surface area contributed by atoms with Gasteiger partial charge in [-0.15, -0.1) is 0 Å². The summed E-state index contributed by atoms with van der Waals surface area (Å²) in [7, 11) is 0. The highest BCUT2D eigenvalue weighted by molar-refractivity contribution is 5.82. The molecule has 0 aromatic carbocycles. The van der Waals surface area contributed by atoms with E-state index in [0.717, 1.165) is 6.26 Å². The van der Waals surface area contributed by atoms with Crippen LogP contribution in [-0.2, 0) is 9.53 Å². The monoisotopic (exact) mass is 141 g/mol. The fraction of sp³-hybridized carbons (Fsp3) is 0.286. The molecule has 56 valence electrons. The van der Waals surface area contributed by atoms with Crippen molar-refractivity contribution in [2.24, 2.45) is 0 Å². The van der Waals surface area contributed by atoms with Crippen LogP contribution in [0.15, 0.2) is 24.7 Å². The van der Waals surface area contributed by atoms with Crippen LogP contribution in [0, 0.1) is 0 Å². The molecule has 0 spiro atoms. The maximum Gasteiger partial charge on any atom is 0.145 e. The fourth-order valence-corrected chi connectivity index (χ4v) is 0.455. The van der Waals surface area contributed by atoms with Crippen LogP contribution in [0.1, 0.15) is 13.3 Å². The Kier molecular flexibility index (Phi) is 4.04. The van der Waals surface area contributed by atoms with Gasteiger partial charge in [0.25, 0.3) is 0 Å². The third-order valence-electron chi connectivity index (χ3n) is 0.801. The van der Waals surface area contributed by atoms with Gasteiger partial charge in [0.15, 0.2) is 0 Å². The van der Waals surface area contributed by atoms with Crippen molar-refractivity contribution in [2.75, 3.05) is 0 Å². The van der Waals surface area contributed by atoms with Gasteiger partial charge in [-0.3, -0.25) is 0 Å². The van der Waals surface area contributed by atoms with Crippen molar-refractivity contribution >= 4 is 5.97 Å². The number of ether oxygens (including phenoxy) is 1. The van der Waals surface area contributed by atoms with Crippen molar-refractivity contribution in [3.05, 3.63) is 24.7 Å². The first-order valence-electron chi connectivity index (χ1n) is 2.91. The zero-order valence-electron chi connectivity index (χ0n) is 5.79. The maximum absolute atomic E-state index is 10.1. The van der Waals surface area contributed by atoms with Gasteiger partial charge in [0, 0.05) is 0 Å². The molecule has 0 aromatic rings. The van der Waals surface area contributed by atoms with Crippen LogP contribution in [0.5, 0.6) is 0 Å². The standard InChI is InChI=1S/C7H10O3/c1-3-5-6(7(8)9)10-4-2/h4-5H,2-3H2,1H3,(H,8,9)/p-1/b6-5-. The first-order valence-corrected chi connectivity index (χ1v) is 2.91. The molecule has 0 radical (unpaired) electrons. The van der Waals surface area contributed by atoms with E-state index >= 15 is 0 Å². The lowest BCUT2D eigenvalue weighted by Crippen LogP contribution is -2.25. The number of hydrogen-bond acceptors (Lipinski definition) is 3. The van der Waals surface area contributed by atoms with Crippen molar-refractivity contribution in [1.29, 1.82) is 0 Å². The lowest BCUT2D eigenvalue weighted by atomic mass is 10.4. The molecular formula is C7H9O3-. The van der Waals surface area contributed by atoms with E-state index in [9.17, 15) is 9.90 Å². The zero-order valence-corrected chi connectivity index (χ0v) is 5.79. The molecule has 0 amide bonds. The summed E-state index contributed by atoms with van der Waals surface area (Å²) in [5.41, 5.74) is 0. The summed E-state index contributed by atoms with van der Waals surface area (Å²) >= 11 is 0. The maximum atomic E-state index is 10.1. The predicted molar refractivity (Wildman–Crippen MR) is 34.7 cm³/mol. The molecule has 0 rings (SSSR count). The van der Waals surface area contributed by atoms with E-state index < -0.39 is 5.97 Å². The van der Waals surface area contributed by atoms with Gasteiger partial charge in [-0.25, -0.2) is 0 Å². The molecule has 0 atom stereocenters. The minimum atomic E-state index is -1.32. The molecule has 0 N–H and O–H groups in total. The number of hydrogen-bond donors (Lipinski definition) is 0. The van der Waals surface area contributed by atoms with Crippen molar-refractivity contribution in [3.63, 3.8) is 0 Å². The molecule has 3 nitrogen and oxygen atoms in total. The Morgan fingerprint density at radius 3 is 2.70 bits per heavy atom. The molecule has 0 fully saturated rings. The largest absolute Gasteiger partial charge is 0.542 e. The number of carbonyl (C=O) groups excluding carboxylic acids is 1. The molecule has 10 heavy (non-hydrogen) atoms. The summed E-state index contributed by atoms with van der Waals surface area (Å²) < 4.78 is 4.51. The smallest absolute Gasteiger partial charge is 0.145 e. The summed E-state index contributed by atoms with van der Waals surface area (Å²) in [4.78, 5) is 10.1. The molecular weight excluding hydrogens is 132 g/mol. The van der Waals surface area contributed by atoms with Gasteiger partial charge in [0.2, 0.25) is 0 Å². The van der Waals surface area contributed by atoms with Crippen LogP contribution >= 0.6 is 0 Å². The lowest BCUT2D eigenvalue weighted by molar-refractivity contribution is -0.302. The van der Waals surface area contributed by atoms with E-state index in [1.54, 1.807) is 6.92 Å². The van der Waals surface area contributed by atoms with E-state index in [-0.39, 0.29) is 5.76 Å². The topological polar surface area (TPSA) is 49.4 Å². The first kappa shape index (κ1) is 8.75. The summed E-state index contributed by atoms with van der Waals surface area (Å²) in [5.74, 6) is -1.50. The number of carbonyl (C=O) groups is 1. The van der Waals surface area contributed by atoms with Crippen LogP contribution in [-0.4, -0.2) is 5.97 Å². The second kappa shape index (κ2) is 4.61. The van der Waals surface area contributed by atoms with Gasteiger partial charge in [-0.1, -0.05) is 13.5 Å². The van der Waals surface area contributed by atoms with Crippen molar-refractivity contribution in [1.82, 2.24) is 0 Å². The lowest BCUT2D eigenvalue weighted by Gasteiger charge is -2.04. The van der Waals surface area contributed by atoms with Crippen molar-refractivity contribution < 1.29 is 14.6 Å². The van der Waals surface area contributed by atoms with E-state index in [2.05, 4.69) is 11.3 Å². The highest BCUT2D eigenvalue weighted by Crippen LogP contribution is 1.97. The predicted octanol–water partition coefficient (Wildman–Crippen LogP) is 0.190. The normalized spacial score (nSPS) is 10.7. The fourth-order valence-electron chi connectivity index (χ4n) is 0.455. The van der Waals surface area contributed by atoms with Gasteiger partial charge >= 0.3 is 0 Å². The molecule has 0 unspecified atom stereocenters. The zero-order chi connectivity index (χ0) is 7.98. The molecule has 0 aliphatic carbocycles. The molecule has 0 aliphatic heterocycles. The summed E-state index contributed by atoms with van der Waals surface area (Å²) in [6, 6.07) is 0. The summed E-state index contributed by atoms with van der Waals surface area (Å²) in [5, 5.41) is 10.1. The second-order valence-electron chi connectivity index (χ2n) is 1.55. The number of rotatable bonds is 4. The summed E-state index contributed by atoms with van der Waals surface area (Å²) in [6.07, 6.45) is 3.06. The molecule has 0 aliphatic rings. The molecule has 3 heteroatoms. The van der Waals surface area contributed by atoms with Crippen molar-refractivity contribution in [2.45, 2.75) is 13.3 Å². The summed E-state index contributed by atoms with van der Waals surface area (Å²) in [6.45, 7) is 5.01. The Labute approximate surface area is 59.6 Å². The number of carboxylic acid groups (broad SMARTS) is 1. The van der Waals surface area contributed by atoms with Crippen molar-refractivity contribution in [3.8, 4) is 0 Å². The molecule has 0 saturated carbocycles. The molecule has 0 bridgehead atoms. The SMILES string of the molecule is C=CO/C(=C\CC)C(=O)[O-]. The van der Waals surface area contributed by atoms with Gasteiger partial charge in [0.05, 0.1) is 6.26 Å². The average Bonchev–Trinajstić information content (AvgIpc) is 1.87. The van der Waals surface area contributed by atoms with E-state index in [0.29, 0.717) is 6.42 Å². The van der Waals surface area contributed by atoms with E-state index in [4.69, 9.17) is 0 Å². The number of aliphatic carboxylic acids is 1. The van der Waals surface area contributed by atoms with Gasteiger partial charge in [0.1, 0.15) is 11.7 Å². The third-order valence-corrected chi connectivity index (χ3v) is 0.801. The Hall–Kier alpha value is -1.25. The number of allylic oxidation sites excluding steroid dienone is 1. The Balaban J connectivity index is 4.10. The van der Waals surface area contributed by atoms with Crippen LogP contribution in [0.3, 0.4) is 0 Å². The van der Waals surface area contributed by atoms with Gasteiger partial charge in [-0.05, 0) is 12.5 Å². The van der Waals surface area contributed by atoms with E-state index in [1.807, 2.05) is 0 Å². The third kappa shape index (κ3) is 2.91. The number of carboxylic acids is 1. The highest BCUT2D eigenvalue weighted by atomic mass is 16.5. The Bertz CT molecular complexity index is 158. The average molecular weight is 141 g/mol. The first-order chi connectivity index (χ1) is 4.72.